The summed E-state index contributed by atoms with van der Waals surface area (Å²) in [6.07, 6.45) is 1.88. The number of nitrogens with one attached hydrogen (secondary N) is 3. The van der Waals surface area contributed by atoms with Crippen molar-refractivity contribution in [2.24, 2.45) is 0 Å². The number of nitrogens with zero attached hydrogens (tertiary/aromatic N) is 1. The standard InChI is InChI=1S/C12H14N4O4/c17-11(15-12(18)14-8-4-5-8)7-13-9-2-1-3-10(6-9)16(19)20/h1-3,6,8,13H,4-5,7H2,(H2,14,15,17,18). The van der Waals surface area contributed by atoms with E-state index in [2.05, 4.69) is 16.0 Å². The lowest BCUT2D eigenvalue weighted by atomic mass is 10.3. The normalized spacial score (nSPS) is 13.4. The number of hydrogen-bond acceptors (Lipinski definition) is 5. The van der Waals surface area contributed by atoms with Crippen LogP contribution in [-0.2, 0) is 4.79 Å². The van der Waals surface area contributed by atoms with Crippen LogP contribution in [-0.4, -0.2) is 29.4 Å². The lowest BCUT2D eigenvalue weighted by Gasteiger charge is -2.07. The summed E-state index contributed by atoms with van der Waals surface area (Å²) >= 11 is 0. The third-order valence-electron chi connectivity index (χ3n) is 2.68. The molecule has 20 heavy (non-hydrogen) atoms. The summed E-state index contributed by atoms with van der Waals surface area (Å²) in [5.74, 6) is -0.505. The highest BCUT2D eigenvalue weighted by atomic mass is 16.6. The summed E-state index contributed by atoms with van der Waals surface area (Å²) in [6.45, 7) is -0.140. The minimum Gasteiger partial charge on any atom is -0.376 e. The van der Waals surface area contributed by atoms with Gasteiger partial charge in [0.05, 0.1) is 11.5 Å². The molecule has 1 fully saturated rings. The van der Waals surface area contributed by atoms with Crippen LogP contribution in [0.5, 0.6) is 0 Å². The average Bonchev–Trinajstić information content (AvgIpc) is 3.20. The Hall–Kier alpha value is -2.64. The summed E-state index contributed by atoms with van der Waals surface area (Å²) < 4.78 is 0. The van der Waals surface area contributed by atoms with E-state index in [4.69, 9.17) is 0 Å². The molecule has 3 N–H and O–H groups in total. The molecule has 3 amide bonds. The summed E-state index contributed by atoms with van der Waals surface area (Å²) in [6, 6.07) is 5.44. The predicted octanol–water partition coefficient (Wildman–Crippen LogP) is 0.995. The summed E-state index contributed by atoms with van der Waals surface area (Å²) in [5, 5.41) is 18.1. The smallest absolute Gasteiger partial charge is 0.321 e. The Labute approximate surface area is 114 Å². The fourth-order valence-electron chi connectivity index (χ4n) is 1.53. The Kier molecular flexibility index (Phi) is 4.14. The molecule has 0 radical (unpaired) electrons. The Bertz CT molecular complexity index is 542. The highest BCUT2D eigenvalue weighted by molar-refractivity contribution is 5.96. The number of benzene rings is 1. The zero-order valence-corrected chi connectivity index (χ0v) is 10.6. The first-order chi connectivity index (χ1) is 9.54. The summed E-state index contributed by atoms with van der Waals surface area (Å²) in [5.41, 5.74) is 0.374. The second-order valence-corrected chi connectivity index (χ2v) is 4.46. The van der Waals surface area contributed by atoms with Crippen molar-refractivity contribution in [1.82, 2.24) is 10.6 Å². The number of non-ortho nitro benzene ring substituents is 1. The van der Waals surface area contributed by atoms with Crippen LogP contribution in [0.15, 0.2) is 24.3 Å². The van der Waals surface area contributed by atoms with Gasteiger partial charge in [-0.2, -0.15) is 0 Å². The number of nitro groups is 1. The maximum absolute atomic E-state index is 11.5. The Morgan fingerprint density at radius 1 is 1.35 bits per heavy atom. The van der Waals surface area contributed by atoms with Crippen molar-refractivity contribution in [1.29, 1.82) is 0 Å². The predicted molar refractivity (Wildman–Crippen MR) is 71.3 cm³/mol. The van der Waals surface area contributed by atoms with Gasteiger partial charge in [0.25, 0.3) is 5.69 Å². The molecule has 106 valence electrons. The van der Waals surface area contributed by atoms with Crippen molar-refractivity contribution < 1.29 is 14.5 Å². The van der Waals surface area contributed by atoms with Gasteiger partial charge in [-0.25, -0.2) is 4.79 Å². The Balaban J connectivity index is 1.78. The molecule has 0 unspecified atom stereocenters. The fourth-order valence-corrected chi connectivity index (χ4v) is 1.53. The second-order valence-electron chi connectivity index (χ2n) is 4.46. The van der Waals surface area contributed by atoms with Gasteiger partial charge in [0, 0.05) is 23.9 Å². The number of hydrogen-bond donors (Lipinski definition) is 3. The van der Waals surface area contributed by atoms with Crippen LogP contribution in [0.2, 0.25) is 0 Å². The van der Waals surface area contributed by atoms with Gasteiger partial charge in [-0.1, -0.05) is 6.07 Å². The summed E-state index contributed by atoms with van der Waals surface area (Å²) in [4.78, 5) is 32.8. The number of nitro benzene ring substituents is 1. The monoisotopic (exact) mass is 278 g/mol. The molecule has 1 aliphatic rings. The van der Waals surface area contributed by atoms with Crippen LogP contribution in [0, 0.1) is 10.1 Å². The second kappa shape index (κ2) is 6.00. The number of urea groups is 1. The molecular weight excluding hydrogens is 264 g/mol. The van der Waals surface area contributed by atoms with Crippen LogP contribution < -0.4 is 16.0 Å². The number of rotatable bonds is 5. The lowest BCUT2D eigenvalue weighted by molar-refractivity contribution is -0.384. The largest absolute Gasteiger partial charge is 0.376 e. The van der Waals surface area contributed by atoms with E-state index in [0.29, 0.717) is 5.69 Å². The number of imide groups is 1. The molecule has 1 saturated carbocycles. The van der Waals surface area contributed by atoms with Crippen molar-refractivity contribution in [3.8, 4) is 0 Å². The van der Waals surface area contributed by atoms with Crippen molar-refractivity contribution in [3.63, 3.8) is 0 Å². The van der Waals surface area contributed by atoms with Gasteiger partial charge < -0.3 is 10.6 Å². The molecule has 0 atom stereocenters. The topological polar surface area (TPSA) is 113 Å². The van der Waals surface area contributed by atoms with Gasteiger partial charge in [0.1, 0.15) is 0 Å². The Morgan fingerprint density at radius 3 is 2.75 bits per heavy atom. The highest BCUT2D eigenvalue weighted by Gasteiger charge is 2.23. The molecule has 0 aliphatic heterocycles. The summed E-state index contributed by atoms with van der Waals surface area (Å²) in [7, 11) is 0. The molecule has 0 aromatic heterocycles. The zero-order valence-electron chi connectivity index (χ0n) is 10.6. The van der Waals surface area contributed by atoms with Gasteiger partial charge >= 0.3 is 6.03 Å². The average molecular weight is 278 g/mol. The van der Waals surface area contributed by atoms with Gasteiger partial charge in [-0.15, -0.1) is 0 Å². The van der Waals surface area contributed by atoms with E-state index in [9.17, 15) is 19.7 Å². The third-order valence-corrected chi connectivity index (χ3v) is 2.68. The fraction of sp³-hybridized carbons (Fsp3) is 0.333. The quantitative estimate of drug-likeness (QED) is 0.549. The van der Waals surface area contributed by atoms with Crippen LogP contribution >= 0.6 is 0 Å². The molecule has 1 aliphatic carbocycles. The number of carbonyl (C=O) groups excluding carboxylic acids is 2. The third kappa shape index (κ3) is 4.23. The molecule has 0 bridgehead atoms. The highest BCUT2D eigenvalue weighted by Crippen LogP contribution is 2.18. The molecule has 1 aromatic rings. The zero-order chi connectivity index (χ0) is 14.5. The molecule has 8 heteroatoms. The van der Waals surface area contributed by atoms with E-state index in [1.165, 1.54) is 18.2 Å². The lowest BCUT2D eigenvalue weighted by Crippen LogP contribution is -2.42. The molecule has 1 aromatic carbocycles. The number of anilines is 1. The van der Waals surface area contributed by atoms with E-state index >= 15 is 0 Å². The SMILES string of the molecule is O=C(CNc1cccc([N+](=O)[O-])c1)NC(=O)NC1CC1. The van der Waals surface area contributed by atoms with E-state index in [1.807, 2.05) is 0 Å². The Morgan fingerprint density at radius 2 is 2.10 bits per heavy atom. The van der Waals surface area contributed by atoms with E-state index in [0.717, 1.165) is 12.8 Å². The number of amides is 3. The first-order valence-electron chi connectivity index (χ1n) is 6.13. The molecule has 2 rings (SSSR count). The van der Waals surface area contributed by atoms with E-state index < -0.39 is 16.9 Å². The molecule has 8 nitrogen and oxygen atoms in total. The molecule has 0 spiro atoms. The molecular formula is C12H14N4O4. The minimum atomic E-state index is -0.520. The van der Waals surface area contributed by atoms with Crippen molar-refractivity contribution in [3.05, 3.63) is 34.4 Å². The van der Waals surface area contributed by atoms with Crippen LogP contribution in [0.3, 0.4) is 0 Å². The van der Waals surface area contributed by atoms with Crippen molar-refractivity contribution in [2.75, 3.05) is 11.9 Å². The molecule has 0 saturated heterocycles. The van der Waals surface area contributed by atoms with Crippen LogP contribution in [0.4, 0.5) is 16.2 Å². The van der Waals surface area contributed by atoms with E-state index in [1.54, 1.807) is 6.07 Å². The maximum atomic E-state index is 11.5. The number of carbonyl (C=O) groups is 2. The van der Waals surface area contributed by atoms with Gasteiger partial charge in [0.2, 0.25) is 5.91 Å². The first-order valence-corrected chi connectivity index (χ1v) is 6.13. The van der Waals surface area contributed by atoms with Gasteiger partial charge in [0.15, 0.2) is 0 Å². The first kappa shape index (κ1) is 13.8. The van der Waals surface area contributed by atoms with Gasteiger partial charge in [-0.05, 0) is 18.9 Å². The molecule has 0 heterocycles. The van der Waals surface area contributed by atoms with E-state index in [-0.39, 0.29) is 18.3 Å². The van der Waals surface area contributed by atoms with Crippen molar-refractivity contribution >= 4 is 23.3 Å². The minimum absolute atomic E-state index is 0.0677. The van der Waals surface area contributed by atoms with Crippen molar-refractivity contribution in [2.45, 2.75) is 18.9 Å². The van der Waals surface area contributed by atoms with Gasteiger partial charge in [-0.3, -0.25) is 20.2 Å². The van der Waals surface area contributed by atoms with Crippen LogP contribution in [0.1, 0.15) is 12.8 Å². The van der Waals surface area contributed by atoms with Crippen LogP contribution in [0.25, 0.3) is 0 Å². The maximum Gasteiger partial charge on any atom is 0.321 e.